The minimum atomic E-state index is -0.606. The lowest BCUT2D eigenvalue weighted by Crippen LogP contribution is -2.71. The van der Waals surface area contributed by atoms with Gasteiger partial charge in [0.15, 0.2) is 6.73 Å². The first-order chi connectivity index (χ1) is 23.2. The van der Waals surface area contributed by atoms with E-state index in [2.05, 4.69) is 9.80 Å². The number of morpholine rings is 1. The fraction of sp³-hybridized carbons (Fsp3) is 0.400. The molecule has 5 aliphatic rings. The number of esters is 1. The van der Waals surface area contributed by atoms with Crippen LogP contribution in [0.4, 0.5) is 15.8 Å². The van der Waals surface area contributed by atoms with E-state index in [1.54, 1.807) is 35.2 Å². The van der Waals surface area contributed by atoms with Crippen molar-refractivity contribution in [1.82, 2.24) is 9.80 Å². The molecule has 13 heteroatoms. The summed E-state index contributed by atoms with van der Waals surface area (Å²) in [5.74, 6) is -1.11. The first-order valence-electron chi connectivity index (χ1n) is 15.9. The molecule has 4 fully saturated rings. The Labute approximate surface area is 286 Å². The summed E-state index contributed by atoms with van der Waals surface area (Å²) < 4.78 is 32.8. The summed E-state index contributed by atoms with van der Waals surface area (Å²) in [6.07, 6.45) is 2.71. The second-order valence-electron chi connectivity index (χ2n) is 13.4. The average molecular weight is 696 g/mol. The predicted molar refractivity (Wildman–Crippen MR) is 177 cm³/mol. The average Bonchev–Trinajstić information content (AvgIpc) is 3.29. The number of carbonyl (C=O) groups excluding carboxylic acids is 3. The highest BCUT2D eigenvalue weighted by molar-refractivity contribution is 6.40. The number of halogens is 3. The van der Waals surface area contributed by atoms with Gasteiger partial charge in [0.05, 0.1) is 65.8 Å². The first kappa shape index (κ1) is 31.2. The summed E-state index contributed by atoms with van der Waals surface area (Å²) in [7, 11) is 1.29. The van der Waals surface area contributed by atoms with E-state index in [9.17, 15) is 14.4 Å². The van der Waals surface area contributed by atoms with Gasteiger partial charge in [0.25, 0.3) is 5.91 Å². The molecule has 3 aromatic carbocycles. The maximum Gasteiger partial charge on any atom is 0.340 e. The fourth-order valence-corrected chi connectivity index (χ4v) is 8.67. The van der Waals surface area contributed by atoms with Crippen molar-refractivity contribution < 1.29 is 33.0 Å². The summed E-state index contributed by atoms with van der Waals surface area (Å²) in [5, 5.41) is 0.479. The summed E-state index contributed by atoms with van der Waals surface area (Å²) in [4.78, 5) is 45.1. The van der Waals surface area contributed by atoms with E-state index in [1.807, 2.05) is 6.07 Å². The zero-order valence-electron chi connectivity index (χ0n) is 26.2. The fourth-order valence-electron chi connectivity index (χ4n) is 8.03. The van der Waals surface area contributed by atoms with Crippen molar-refractivity contribution >= 4 is 52.9 Å². The smallest absolute Gasteiger partial charge is 0.340 e. The lowest BCUT2D eigenvalue weighted by Gasteiger charge is -2.60. The van der Waals surface area contributed by atoms with Crippen molar-refractivity contribution in [2.24, 2.45) is 5.41 Å². The Balaban J connectivity index is 1.05. The Morgan fingerprint density at radius 2 is 1.71 bits per heavy atom. The van der Waals surface area contributed by atoms with Crippen molar-refractivity contribution in [2.75, 3.05) is 63.0 Å². The number of rotatable bonds is 6. The minimum absolute atomic E-state index is 0.0818. The van der Waals surface area contributed by atoms with E-state index in [-0.39, 0.29) is 63.4 Å². The van der Waals surface area contributed by atoms with Crippen LogP contribution >= 0.6 is 23.2 Å². The molecule has 10 nitrogen and oxygen atoms in total. The van der Waals surface area contributed by atoms with Crippen LogP contribution in [0.5, 0.6) is 5.75 Å². The normalized spacial score (nSPS) is 22.1. The maximum atomic E-state index is 15.9. The van der Waals surface area contributed by atoms with Crippen molar-refractivity contribution in [3.63, 3.8) is 0 Å². The number of para-hydroxylation sites is 1. The Morgan fingerprint density at radius 3 is 2.38 bits per heavy atom. The number of likely N-dealkylation sites (tertiary alicyclic amines) is 1. The highest BCUT2D eigenvalue weighted by atomic mass is 35.5. The third kappa shape index (κ3) is 5.05. The van der Waals surface area contributed by atoms with Crippen LogP contribution in [0.25, 0.3) is 11.1 Å². The monoisotopic (exact) mass is 694 g/mol. The van der Waals surface area contributed by atoms with Crippen LogP contribution in [-0.4, -0.2) is 93.4 Å². The summed E-state index contributed by atoms with van der Waals surface area (Å²) in [5.41, 5.74) is 3.40. The van der Waals surface area contributed by atoms with Crippen LogP contribution < -0.4 is 14.5 Å². The Hall–Kier alpha value is -4.06. The molecule has 1 spiro atoms. The molecule has 250 valence electrons. The Bertz CT molecular complexity index is 1800. The predicted octanol–water partition coefficient (Wildman–Crippen LogP) is 5.22. The molecular formula is C35H33Cl2FN4O6. The van der Waals surface area contributed by atoms with Gasteiger partial charge in [-0.15, -0.1) is 0 Å². The Morgan fingerprint density at radius 1 is 1.00 bits per heavy atom. The largest absolute Gasteiger partial charge is 0.472 e. The number of fused-ring (bicyclic) bond motifs is 3. The molecule has 2 atom stereocenters. The Kier molecular flexibility index (Phi) is 7.69. The second kappa shape index (κ2) is 11.8. The van der Waals surface area contributed by atoms with Crippen LogP contribution in [0.2, 0.25) is 10.0 Å². The van der Waals surface area contributed by atoms with Gasteiger partial charge in [0, 0.05) is 54.0 Å². The van der Waals surface area contributed by atoms with Crippen LogP contribution in [0, 0.1) is 11.2 Å². The van der Waals surface area contributed by atoms with E-state index in [0.717, 1.165) is 51.1 Å². The van der Waals surface area contributed by atoms with Gasteiger partial charge in [0.1, 0.15) is 11.6 Å². The number of nitrogens with zero attached hydrogens (tertiary/aromatic N) is 4. The molecule has 3 aromatic rings. The number of amides is 2. The van der Waals surface area contributed by atoms with Crippen molar-refractivity contribution in [1.29, 1.82) is 0 Å². The molecule has 0 aromatic heterocycles. The second-order valence-corrected chi connectivity index (χ2v) is 14.2. The number of carbonyl (C=O) groups is 3. The van der Waals surface area contributed by atoms with E-state index in [1.165, 1.54) is 18.1 Å². The highest BCUT2D eigenvalue weighted by Gasteiger charge is 2.51. The summed E-state index contributed by atoms with van der Waals surface area (Å²) in [6, 6.07) is 12.0. The highest BCUT2D eigenvalue weighted by Crippen LogP contribution is 2.45. The molecule has 2 amide bonds. The molecule has 0 N–H and O–H groups in total. The zero-order chi connectivity index (χ0) is 33.3. The van der Waals surface area contributed by atoms with Crippen LogP contribution in [-0.2, 0) is 20.8 Å². The molecule has 0 saturated carbocycles. The standard InChI is InChI=1S/C35H33Cl2FN4O6/c1-46-34(45)26-9-29(38)25(10-30(26)42-21-5-6-22(42)13-47-12-21)24-4-2-3-20-11-40(19-48-32(20)24)33(44)31-27(36)7-23(8-28(31)37)41-16-35(17-41)14-39(15-35)18-43/h2-4,7-10,18,21-22H,5-6,11-17,19H2,1H3. The molecule has 5 heterocycles. The van der Waals surface area contributed by atoms with E-state index in [0.29, 0.717) is 35.8 Å². The quantitative estimate of drug-likeness (QED) is 0.256. The molecule has 48 heavy (non-hydrogen) atoms. The van der Waals surface area contributed by atoms with Gasteiger partial charge < -0.3 is 33.8 Å². The van der Waals surface area contributed by atoms with E-state index >= 15 is 4.39 Å². The van der Waals surface area contributed by atoms with Crippen LogP contribution in [0.3, 0.4) is 0 Å². The van der Waals surface area contributed by atoms with Gasteiger partial charge in [-0.05, 0) is 37.1 Å². The van der Waals surface area contributed by atoms with Gasteiger partial charge in [-0.1, -0.05) is 41.4 Å². The summed E-state index contributed by atoms with van der Waals surface area (Å²) in [6.45, 7) is 4.23. The molecule has 8 rings (SSSR count). The third-order valence-electron chi connectivity index (χ3n) is 10.3. The number of ether oxygens (including phenoxy) is 3. The molecule has 2 unspecified atom stereocenters. The first-order valence-corrected chi connectivity index (χ1v) is 16.7. The van der Waals surface area contributed by atoms with Crippen molar-refractivity contribution in [2.45, 2.75) is 31.5 Å². The number of benzene rings is 3. The van der Waals surface area contributed by atoms with Crippen LogP contribution in [0.1, 0.15) is 39.1 Å². The van der Waals surface area contributed by atoms with Gasteiger partial charge in [0.2, 0.25) is 6.41 Å². The lowest BCUT2D eigenvalue weighted by atomic mass is 9.73. The SMILES string of the molecule is COC(=O)c1cc(F)c(-c2cccc3c2OCN(C(=O)c2c(Cl)cc(N4CC5(CN(C=O)C5)C4)cc2Cl)C3)cc1N1C2CCC1COC2. The number of hydrogen-bond acceptors (Lipinski definition) is 8. The lowest BCUT2D eigenvalue weighted by molar-refractivity contribution is -0.130. The molecule has 0 radical (unpaired) electrons. The topological polar surface area (TPSA) is 91.9 Å². The maximum absolute atomic E-state index is 15.9. The molecular weight excluding hydrogens is 662 g/mol. The third-order valence-corrected chi connectivity index (χ3v) is 10.9. The minimum Gasteiger partial charge on any atom is -0.472 e. The van der Waals surface area contributed by atoms with Gasteiger partial charge in [-0.25, -0.2) is 9.18 Å². The number of anilines is 2. The molecule has 2 bridgehead atoms. The van der Waals surface area contributed by atoms with Gasteiger partial charge in [-0.3, -0.25) is 9.59 Å². The number of methoxy groups -OCH3 is 1. The molecule has 5 aliphatic heterocycles. The molecule has 0 aliphatic carbocycles. The van der Waals surface area contributed by atoms with Crippen molar-refractivity contribution in [3.05, 3.63) is 75.0 Å². The van der Waals surface area contributed by atoms with E-state index < -0.39 is 11.8 Å². The van der Waals surface area contributed by atoms with Gasteiger partial charge >= 0.3 is 5.97 Å². The molecule has 4 saturated heterocycles. The van der Waals surface area contributed by atoms with E-state index in [4.69, 9.17) is 37.4 Å². The van der Waals surface area contributed by atoms with Crippen molar-refractivity contribution in [3.8, 4) is 16.9 Å². The zero-order valence-corrected chi connectivity index (χ0v) is 27.7. The summed E-state index contributed by atoms with van der Waals surface area (Å²) >= 11 is 13.3. The van der Waals surface area contributed by atoms with Gasteiger partial charge in [-0.2, -0.15) is 0 Å². The van der Waals surface area contributed by atoms with Crippen LogP contribution in [0.15, 0.2) is 42.5 Å². The number of hydrogen-bond donors (Lipinski definition) is 0.